The van der Waals surface area contributed by atoms with Gasteiger partial charge < -0.3 is 0 Å². The average Bonchev–Trinajstić information content (AvgIpc) is 3.01. The molecule has 0 saturated heterocycles. The highest BCUT2D eigenvalue weighted by Gasteiger charge is 2.70. The van der Waals surface area contributed by atoms with Crippen molar-refractivity contribution in [2.45, 2.75) is 126 Å². The zero-order valence-corrected chi connectivity index (χ0v) is 27.8. The summed E-state index contributed by atoms with van der Waals surface area (Å²) < 4.78 is 0. The minimum Gasteiger partial charge on any atom is -0.257 e. The summed E-state index contributed by atoms with van der Waals surface area (Å²) in [4.78, 5) is 26.2. The number of rotatable bonds is 0. The lowest BCUT2D eigenvalue weighted by Gasteiger charge is -2.61. The molecule has 4 unspecified atom stereocenters. The first-order valence-corrected chi connectivity index (χ1v) is 15.3. The summed E-state index contributed by atoms with van der Waals surface area (Å²) in [5.74, 6) is 2.14. The van der Waals surface area contributed by atoms with Crippen molar-refractivity contribution in [2.24, 2.45) is 0 Å². The van der Waals surface area contributed by atoms with Gasteiger partial charge >= 0.3 is 0 Å². The van der Waals surface area contributed by atoms with Crippen LogP contribution >= 0.6 is 0 Å². The van der Waals surface area contributed by atoms with Crippen LogP contribution < -0.4 is 0 Å². The third-order valence-corrected chi connectivity index (χ3v) is 13.7. The Bertz CT molecular complexity index is 1530. The van der Waals surface area contributed by atoms with Gasteiger partial charge in [-0.25, -0.2) is 15.0 Å². The summed E-state index contributed by atoms with van der Waals surface area (Å²) in [7, 11) is 0. The molecule has 4 atom stereocenters. The Kier molecular flexibility index (Phi) is 5.27. The van der Waals surface area contributed by atoms with E-state index in [9.17, 15) is 0 Å². The standard InChI is InChI=1S/C33H41N11/c1-26(2)19-15-35-20(16-34-19)27(3,4)32(11)24-36-13-18(14-37-24)30(26,9)31(10)21-17-38-25(44-39-21)33(32,12)29(7,8)23-42-40-22(41-43-23)28(31,5)6/h13-17H,1-12H3. The SMILES string of the molecule is CC1(C)c2cnc(cn2)C(C)(C)C2(C)c3ncc(cn3)C1(C)C1(C)c3cnc(nn3)C2(C)C(C)(C)c2nnc(nn2)C1(C)C. The molecule has 12 aliphatic rings. The molecule has 11 nitrogen and oxygen atoms in total. The summed E-state index contributed by atoms with van der Waals surface area (Å²) in [6.45, 7) is 25.9. The van der Waals surface area contributed by atoms with Gasteiger partial charge in [0.1, 0.15) is 5.82 Å². The predicted molar refractivity (Wildman–Crippen MR) is 163 cm³/mol. The fourth-order valence-electron chi connectivity index (χ4n) is 8.97. The summed E-state index contributed by atoms with van der Waals surface area (Å²) in [6, 6.07) is 0. The van der Waals surface area contributed by atoms with E-state index in [0.717, 1.165) is 17.0 Å². The first-order valence-electron chi connectivity index (χ1n) is 15.3. The molecule has 16 rings (SSSR count). The van der Waals surface area contributed by atoms with Crippen molar-refractivity contribution >= 4 is 0 Å². The van der Waals surface area contributed by atoms with E-state index in [0.29, 0.717) is 29.0 Å². The molecule has 0 fully saturated rings. The fraction of sp³-hybridized carbons (Fsp3) is 0.606. The molecule has 11 heteroatoms. The second-order valence-electron chi connectivity index (χ2n) is 15.8. The van der Waals surface area contributed by atoms with Crippen molar-refractivity contribution in [1.82, 2.24) is 55.5 Å². The van der Waals surface area contributed by atoms with Gasteiger partial charge in [0.25, 0.3) is 0 Å². The van der Waals surface area contributed by atoms with Crippen molar-refractivity contribution < 1.29 is 0 Å². The molecular formula is C33H41N11. The van der Waals surface area contributed by atoms with Gasteiger partial charge in [0.2, 0.25) is 0 Å². The average molecular weight is 592 g/mol. The third-order valence-electron chi connectivity index (χ3n) is 13.7. The second-order valence-corrected chi connectivity index (χ2v) is 15.8. The van der Waals surface area contributed by atoms with E-state index in [2.05, 4.69) is 83.1 Å². The van der Waals surface area contributed by atoms with Gasteiger partial charge in [0, 0.05) is 57.3 Å². The Morgan fingerprint density at radius 2 is 0.705 bits per heavy atom. The summed E-state index contributed by atoms with van der Waals surface area (Å²) in [5.41, 5.74) is -3.31. The van der Waals surface area contributed by atoms with E-state index in [1.807, 2.05) is 31.0 Å². The molecule has 0 spiro atoms. The largest absolute Gasteiger partial charge is 0.257 e. The molecule has 0 N–H and O–H groups in total. The molecular weight excluding hydrogens is 550 g/mol. The minimum absolute atomic E-state index is 0.474. The zero-order chi connectivity index (χ0) is 31.9. The normalized spacial score (nSPS) is 33.2. The van der Waals surface area contributed by atoms with Crippen molar-refractivity contribution in [3.8, 4) is 0 Å². The number of nitrogens with zero attached hydrogens (tertiary/aromatic N) is 11. The summed E-state index contributed by atoms with van der Waals surface area (Å²) in [6.07, 6.45) is 9.84. The Labute approximate surface area is 258 Å². The van der Waals surface area contributed by atoms with Crippen molar-refractivity contribution in [3.05, 3.63) is 76.9 Å². The van der Waals surface area contributed by atoms with Crippen LogP contribution in [0.5, 0.6) is 0 Å². The van der Waals surface area contributed by atoms with Gasteiger partial charge in [-0.3, -0.25) is 9.97 Å². The van der Waals surface area contributed by atoms with E-state index in [4.69, 9.17) is 55.5 Å². The Balaban J connectivity index is 1.84. The van der Waals surface area contributed by atoms with Crippen LogP contribution in [0.15, 0.2) is 31.0 Å². The van der Waals surface area contributed by atoms with Crippen LogP contribution in [0, 0.1) is 0 Å². The minimum atomic E-state index is -0.973. The van der Waals surface area contributed by atoms with Gasteiger partial charge in [-0.2, -0.15) is 5.10 Å². The van der Waals surface area contributed by atoms with E-state index < -0.39 is 43.3 Å². The lowest BCUT2D eigenvalue weighted by molar-refractivity contribution is 0.0448. The third kappa shape index (κ3) is 2.75. The van der Waals surface area contributed by atoms with Gasteiger partial charge in [-0.05, 0) is 5.56 Å². The van der Waals surface area contributed by atoms with Crippen molar-refractivity contribution in [1.29, 1.82) is 0 Å². The second kappa shape index (κ2) is 8.03. The molecule has 0 aromatic carbocycles. The quantitative estimate of drug-likeness (QED) is 0.289. The molecule has 12 bridgehead atoms. The van der Waals surface area contributed by atoms with E-state index in [1.54, 1.807) is 0 Å². The lowest BCUT2D eigenvalue weighted by Crippen LogP contribution is -2.67. The highest BCUT2D eigenvalue weighted by Crippen LogP contribution is 2.64. The summed E-state index contributed by atoms with van der Waals surface area (Å²) >= 11 is 0. The molecule has 228 valence electrons. The van der Waals surface area contributed by atoms with E-state index >= 15 is 0 Å². The number of aromatic nitrogens is 11. The fourth-order valence-corrected chi connectivity index (χ4v) is 8.97. The van der Waals surface area contributed by atoms with E-state index in [-0.39, 0.29) is 0 Å². The number of hydrogen-bond donors (Lipinski definition) is 0. The van der Waals surface area contributed by atoms with Gasteiger partial charge in [0.15, 0.2) is 17.5 Å². The Morgan fingerprint density at radius 1 is 0.318 bits per heavy atom. The van der Waals surface area contributed by atoms with Crippen molar-refractivity contribution in [2.75, 3.05) is 0 Å². The maximum absolute atomic E-state index is 5.29. The van der Waals surface area contributed by atoms with Crippen molar-refractivity contribution in [3.63, 3.8) is 0 Å². The first-order chi connectivity index (χ1) is 20.3. The molecule has 12 aliphatic heterocycles. The molecule has 4 aromatic rings. The molecule has 0 saturated carbocycles. The van der Waals surface area contributed by atoms with E-state index in [1.165, 1.54) is 0 Å². The Hall–Kier alpha value is -3.89. The highest BCUT2D eigenvalue weighted by atomic mass is 15.3. The molecule has 4 aromatic heterocycles. The Morgan fingerprint density at radius 3 is 1.16 bits per heavy atom. The van der Waals surface area contributed by atoms with Crippen LogP contribution in [0.1, 0.15) is 129 Å². The van der Waals surface area contributed by atoms with Crippen LogP contribution in [-0.2, 0) is 43.3 Å². The number of hydrogen-bond acceptors (Lipinski definition) is 11. The van der Waals surface area contributed by atoms with Crippen LogP contribution in [0.4, 0.5) is 0 Å². The monoisotopic (exact) mass is 591 g/mol. The smallest absolute Gasteiger partial charge is 0.180 e. The predicted octanol–water partition coefficient (Wildman–Crippen LogP) is 4.31. The van der Waals surface area contributed by atoms with Crippen LogP contribution in [0.25, 0.3) is 0 Å². The molecule has 44 heavy (non-hydrogen) atoms. The molecule has 0 aliphatic carbocycles. The molecule has 0 radical (unpaired) electrons. The maximum atomic E-state index is 5.29. The van der Waals surface area contributed by atoms with Gasteiger partial charge in [0.05, 0.1) is 34.1 Å². The lowest BCUT2D eigenvalue weighted by atomic mass is 9.42. The zero-order valence-electron chi connectivity index (χ0n) is 27.8. The highest BCUT2D eigenvalue weighted by molar-refractivity contribution is 5.48. The summed E-state index contributed by atoms with van der Waals surface area (Å²) in [5, 5.41) is 29.6. The first kappa shape index (κ1) is 28.9. The van der Waals surface area contributed by atoms with Crippen LogP contribution in [0.3, 0.4) is 0 Å². The topological polar surface area (TPSA) is 142 Å². The van der Waals surface area contributed by atoms with Crippen LogP contribution in [0.2, 0.25) is 0 Å². The van der Waals surface area contributed by atoms with Gasteiger partial charge in [-0.15, -0.1) is 25.5 Å². The van der Waals surface area contributed by atoms with Gasteiger partial charge in [-0.1, -0.05) is 83.1 Å². The maximum Gasteiger partial charge on any atom is 0.180 e. The van der Waals surface area contributed by atoms with Crippen LogP contribution in [-0.4, -0.2) is 55.5 Å². The molecule has 0 amide bonds. The molecule has 16 heterocycles.